The van der Waals surface area contributed by atoms with Crippen LogP contribution in [0.5, 0.6) is 0 Å². The maximum Gasteiger partial charge on any atom is 0.146 e. The average molecular weight is 236 g/mol. The molecule has 0 spiro atoms. The zero-order valence-corrected chi connectivity index (χ0v) is 10.8. The fourth-order valence-electron chi connectivity index (χ4n) is 2.24. The van der Waals surface area contributed by atoms with Gasteiger partial charge in [0, 0.05) is 24.5 Å². The molecule has 3 heteroatoms. The molecule has 1 atom stereocenters. The average Bonchev–Trinajstić information content (AvgIpc) is 2.26. The molecule has 0 fully saturated rings. The number of fused-ring (bicyclic) bond motifs is 1. The summed E-state index contributed by atoms with van der Waals surface area (Å²) in [5, 5.41) is 6.66. The molecule has 1 aliphatic heterocycles. The lowest BCUT2D eigenvalue weighted by molar-refractivity contribution is 0.398. The minimum absolute atomic E-state index is 0.109. The Bertz CT molecular complexity index is 396. The first-order chi connectivity index (χ1) is 7.97. The number of para-hydroxylation sites is 1. The van der Waals surface area contributed by atoms with Crippen molar-refractivity contribution in [1.82, 2.24) is 5.32 Å². The Hall–Kier alpha value is -1.09. The Morgan fingerprint density at radius 2 is 2.18 bits per heavy atom. The van der Waals surface area contributed by atoms with Gasteiger partial charge in [0.05, 0.1) is 5.69 Å². The highest BCUT2D eigenvalue weighted by Gasteiger charge is 2.23. The number of hydrogen-bond acceptors (Lipinski definition) is 2. The summed E-state index contributed by atoms with van der Waals surface area (Å²) in [5.74, 6) is 0.268. The van der Waals surface area contributed by atoms with E-state index < -0.39 is 0 Å². The van der Waals surface area contributed by atoms with Gasteiger partial charge >= 0.3 is 0 Å². The highest BCUT2D eigenvalue weighted by atomic mass is 19.1. The summed E-state index contributed by atoms with van der Waals surface area (Å²) in [7, 11) is 0. The summed E-state index contributed by atoms with van der Waals surface area (Å²) in [6.07, 6.45) is 1.06. The van der Waals surface area contributed by atoms with Crippen LogP contribution in [0.4, 0.5) is 10.1 Å². The van der Waals surface area contributed by atoms with Crippen LogP contribution in [-0.4, -0.2) is 18.6 Å². The molecule has 2 N–H and O–H groups in total. The normalized spacial score (nSPS) is 19.6. The van der Waals surface area contributed by atoms with Crippen molar-refractivity contribution in [1.29, 1.82) is 0 Å². The smallest absolute Gasteiger partial charge is 0.146 e. The standard InChI is InChI=1S/C14H21FN2/c1-14(2,3)17-9-10-7-8-16-13-11(10)5-4-6-12(13)15/h4-6,10,16-17H,7-9H2,1-3H3. The van der Waals surface area contributed by atoms with E-state index in [1.54, 1.807) is 6.07 Å². The van der Waals surface area contributed by atoms with Gasteiger partial charge in [-0.3, -0.25) is 0 Å². The molecule has 1 aromatic rings. The molecule has 1 heterocycles. The predicted molar refractivity (Wildman–Crippen MR) is 70.0 cm³/mol. The summed E-state index contributed by atoms with van der Waals surface area (Å²) in [5.41, 5.74) is 1.91. The minimum atomic E-state index is -0.136. The third-order valence-corrected chi connectivity index (χ3v) is 3.16. The summed E-state index contributed by atoms with van der Waals surface area (Å²) in [6, 6.07) is 5.34. The Balaban J connectivity index is 2.15. The number of rotatable bonds is 2. The SMILES string of the molecule is CC(C)(C)NCC1CCNc2c(F)cccc21. The van der Waals surface area contributed by atoms with Crippen LogP contribution in [0.25, 0.3) is 0 Å². The molecule has 2 nitrogen and oxygen atoms in total. The topological polar surface area (TPSA) is 24.1 Å². The molecule has 1 aromatic carbocycles. The minimum Gasteiger partial charge on any atom is -0.382 e. The van der Waals surface area contributed by atoms with Crippen molar-refractivity contribution >= 4 is 5.69 Å². The van der Waals surface area contributed by atoms with Crippen molar-refractivity contribution in [2.24, 2.45) is 0 Å². The molecule has 0 aromatic heterocycles. The van der Waals surface area contributed by atoms with Crippen molar-refractivity contribution in [2.75, 3.05) is 18.4 Å². The van der Waals surface area contributed by atoms with Gasteiger partial charge in [-0.2, -0.15) is 0 Å². The second kappa shape index (κ2) is 4.65. The second-order valence-corrected chi connectivity index (χ2v) is 5.75. The summed E-state index contributed by atoms with van der Waals surface area (Å²) in [4.78, 5) is 0. The number of halogens is 1. The van der Waals surface area contributed by atoms with E-state index in [2.05, 4.69) is 31.4 Å². The van der Waals surface area contributed by atoms with E-state index in [1.165, 1.54) is 6.07 Å². The van der Waals surface area contributed by atoms with Crippen molar-refractivity contribution < 1.29 is 4.39 Å². The van der Waals surface area contributed by atoms with E-state index in [4.69, 9.17) is 0 Å². The quantitative estimate of drug-likeness (QED) is 0.824. The highest BCUT2D eigenvalue weighted by molar-refractivity contribution is 5.56. The van der Waals surface area contributed by atoms with Gasteiger partial charge in [0.2, 0.25) is 0 Å². The Morgan fingerprint density at radius 3 is 2.88 bits per heavy atom. The van der Waals surface area contributed by atoms with Gasteiger partial charge in [-0.25, -0.2) is 4.39 Å². The van der Waals surface area contributed by atoms with E-state index >= 15 is 0 Å². The van der Waals surface area contributed by atoms with Crippen molar-refractivity contribution in [3.63, 3.8) is 0 Å². The van der Waals surface area contributed by atoms with E-state index in [0.29, 0.717) is 11.6 Å². The summed E-state index contributed by atoms with van der Waals surface area (Å²) < 4.78 is 13.6. The molecule has 0 radical (unpaired) electrons. The second-order valence-electron chi connectivity index (χ2n) is 5.75. The molecule has 1 aliphatic rings. The molecule has 0 amide bonds. The maximum atomic E-state index is 13.6. The Labute approximate surface area is 103 Å². The van der Waals surface area contributed by atoms with Crippen molar-refractivity contribution in [3.8, 4) is 0 Å². The van der Waals surface area contributed by atoms with E-state index in [0.717, 1.165) is 25.1 Å². The number of hydrogen-bond donors (Lipinski definition) is 2. The van der Waals surface area contributed by atoms with Gasteiger partial charge in [0.15, 0.2) is 0 Å². The molecule has 0 bridgehead atoms. The van der Waals surface area contributed by atoms with Crippen LogP contribution >= 0.6 is 0 Å². The first kappa shape index (κ1) is 12.4. The lowest BCUT2D eigenvalue weighted by Crippen LogP contribution is -2.39. The lowest BCUT2D eigenvalue weighted by Gasteiger charge is -2.30. The van der Waals surface area contributed by atoms with Crippen LogP contribution in [0.2, 0.25) is 0 Å². The number of nitrogens with one attached hydrogen (secondary N) is 2. The highest BCUT2D eigenvalue weighted by Crippen LogP contribution is 2.33. The Morgan fingerprint density at radius 1 is 1.41 bits per heavy atom. The van der Waals surface area contributed by atoms with Gasteiger partial charge in [0.1, 0.15) is 5.82 Å². The van der Waals surface area contributed by atoms with Gasteiger partial charge < -0.3 is 10.6 Å². The molecule has 0 aliphatic carbocycles. The molecule has 1 unspecified atom stereocenters. The van der Waals surface area contributed by atoms with Crippen molar-refractivity contribution in [2.45, 2.75) is 38.6 Å². The maximum absolute atomic E-state index is 13.6. The van der Waals surface area contributed by atoms with Gasteiger partial charge in [0.25, 0.3) is 0 Å². The molecular formula is C14H21FN2. The molecule has 94 valence electrons. The first-order valence-electron chi connectivity index (χ1n) is 6.25. The fourth-order valence-corrected chi connectivity index (χ4v) is 2.24. The lowest BCUT2D eigenvalue weighted by atomic mass is 9.90. The van der Waals surface area contributed by atoms with Gasteiger partial charge in [-0.1, -0.05) is 12.1 Å². The molecule has 17 heavy (non-hydrogen) atoms. The third-order valence-electron chi connectivity index (χ3n) is 3.16. The first-order valence-corrected chi connectivity index (χ1v) is 6.25. The zero-order valence-electron chi connectivity index (χ0n) is 10.8. The molecule has 0 saturated carbocycles. The monoisotopic (exact) mass is 236 g/mol. The largest absolute Gasteiger partial charge is 0.382 e. The Kier molecular flexibility index (Phi) is 3.38. The van der Waals surface area contributed by atoms with E-state index in [1.807, 2.05) is 6.07 Å². The fraction of sp³-hybridized carbons (Fsp3) is 0.571. The zero-order chi connectivity index (χ0) is 12.5. The van der Waals surface area contributed by atoms with Crippen LogP contribution in [0.15, 0.2) is 18.2 Å². The van der Waals surface area contributed by atoms with Gasteiger partial charge in [-0.15, -0.1) is 0 Å². The summed E-state index contributed by atoms with van der Waals surface area (Å²) >= 11 is 0. The van der Waals surface area contributed by atoms with Crippen LogP contribution in [0.3, 0.4) is 0 Å². The van der Waals surface area contributed by atoms with Gasteiger partial charge in [-0.05, 0) is 38.8 Å². The van der Waals surface area contributed by atoms with Crippen LogP contribution < -0.4 is 10.6 Å². The number of benzene rings is 1. The number of anilines is 1. The van der Waals surface area contributed by atoms with Crippen molar-refractivity contribution in [3.05, 3.63) is 29.6 Å². The molecule has 0 saturated heterocycles. The molecular weight excluding hydrogens is 215 g/mol. The third kappa shape index (κ3) is 2.97. The predicted octanol–water partition coefficient (Wildman–Crippen LogP) is 3.11. The molecule has 2 rings (SSSR count). The van der Waals surface area contributed by atoms with Crippen LogP contribution in [0.1, 0.15) is 38.7 Å². The van der Waals surface area contributed by atoms with E-state index in [-0.39, 0.29) is 11.4 Å². The van der Waals surface area contributed by atoms with Crippen LogP contribution in [-0.2, 0) is 0 Å². The van der Waals surface area contributed by atoms with Crippen LogP contribution in [0, 0.1) is 5.82 Å². The summed E-state index contributed by atoms with van der Waals surface area (Å²) in [6.45, 7) is 8.22. The van der Waals surface area contributed by atoms with E-state index in [9.17, 15) is 4.39 Å².